The predicted molar refractivity (Wildman–Crippen MR) is 112 cm³/mol. The highest BCUT2D eigenvalue weighted by molar-refractivity contribution is 7.92. The second kappa shape index (κ2) is 10.7. The minimum absolute atomic E-state index is 0.294. The van der Waals surface area contributed by atoms with Crippen LogP contribution in [0.25, 0.3) is 0 Å². The summed E-state index contributed by atoms with van der Waals surface area (Å²) in [5.74, 6) is 0.333. The molecule has 0 spiro atoms. The van der Waals surface area contributed by atoms with E-state index in [4.69, 9.17) is 4.74 Å². The molecule has 0 bridgehead atoms. The number of anilines is 1. The molecule has 158 valence electrons. The highest BCUT2D eigenvalue weighted by atomic mass is 32.2. The molecule has 1 fully saturated rings. The van der Waals surface area contributed by atoms with Crippen LogP contribution in [-0.2, 0) is 14.8 Å². The molecule has 1 heterocycles. The Kier molecular flexibility index (Phi) is 8.57. The van der Waals surface area contributed by atoms with Crippen LogP contribution in [0.5, 0.6) is 5.75 Å². The Morgan fingerprint density at radius 3 is 2.32 bits per heavy atom. The first-order valence-corrected chi connectivity index (χ1v) is 11.8. The smallest absolute Gasteiger partial charge is 0.243 e. The van der Waals surface area contributed by atoms with Crippen LogP contribution in [-0.4, -0.2) is 64.8 Å². The largest absolute Gasteiger partial charge is 0.497 e. The number of methoxy groups -OCH3 is 1. The number of hydrogen-bond donors (Lipinski definition) is 1. The lowest BCUT2D eigenvalue weighted by Gasteiger charge is -2.28. The van der Waals surface area contributed by atoms with Gasteiger partial charge in [-0.2, -0.15) is 0 Å². The fraction of sp³-hybridized carbons (Fsp3) is 0.650. The van der Waals surface area contributed by atoms with Gasteiger partial charge in [0.05, 0.1) is 19.1 Å². The number of carbonyl (C=O) groups excluding carboxylic acids is 1. The van der Waals surface area contributed by atoms with E-state index >= 15 is 0 Å². The molecule has 8 heteroatoms. The van der Waals surface area contributed by atoms with Crippen LogP contribution in [0.2, 0.25) is 0 Å². The number of ether oxygens (including phenoxy) is 1. The lowest BCUT2D eigenvalue weighted by Crippen LogP contribution is -2.48. The summed E-state index contributed by atoms with van der Waals surface area (Å²) >= 11 is 0. The average Bonchev–Trinajstić information content (AvgIpc) is 2.93. The van der Waals surface area contributed by atoms with Gasteiger partial charge >= 0.3 is 0 Å². The molecule has 2 rings (SSSR count). The number of amides is 1. The number of nitrogens with zero attached hydrogens (tertiary/aromatic N) is 2. The van der Waals surface area contributed by atoms with E-state index in [1.807, 2.05) is 0 Å². The Hall–Kier alpha value is -1.80. The van der Waals surface area contributed by atoms with Crippen LogP contribution in [0.1, 0.15) is 39.0 Å². The zero-order valence-corrected chi connectivity index (χ0v) is 18.0. The number of sulfonamides is 1. The number of nitrogens with one attached hydrogen (secondary N) is 1. The highest BCUT2D eigenvalue weighted by Crippen LogP contribution is 2.23. The molecule has 28 heavy (non-hydrogen) atoms. The molecule has 7 nitrogen and oxygen atoms in total. The van der Waals surface area contributed by atoms with E-state index in [2.05, 4.69) is 10.2 Å². The Balaban J connectivity index is 1.91. The first-order valence-electron chi connectivity index (χ1n) is 9.96. The van der Waals surface area contributed by atoms with Crippen molar-refractivity contribution < 1.29 is 17.9 Å². The van der Waals surface area contributed by atoms with Gasteiger partial charge in [0, 0.05) is 6.54 Å². The van der Waals surface area contributed by atoms with Crippen LogP contribution >= 0.6 is 0 Å². The summed E-state index contributed by atoms with van der Waals surface area (Å²) in [4.78, 5) is 15.0. The summed E-state index contributed by atoms with van der Waals surface area (Å²) in [6.45, 7) is 5.37. The van der Waals surface area contributed by atoms with E-state index in [-0.39, 0.29) is 5.91 Å². The van der Waals surface area contributed by atoms with Gasteiger partial charge in [0.1, 0.15) is 11.8 Å². The molecule has 1 atom stereocenters. The SMILES string of the molecule is COc1ccc(N([C@H](C)C(=O)NCCCN2CCCCCC2)S(C)(=O)=O)cc1. The number of benzene rings is 1. The summed E-state index contributed by atoms with van der Waals surface area (Å²) in [7, 11) is -2.06. The molecule has 0 unspecified atom stereocenters. The third kappa shape index (κ3) is 6.67. The van der Waals surface area contributed by atoms with Crippen LogP contribution in [0, 0.1) is 0 Å². The maximum Gasteiger partial charge on any atom is 0.243 e. The summed E-state index contributed by atoms with van der Waals surface area (Å²) < 4.78 is 30.9. The Labute approximate surface area is 169 Å². The van der Waals surface area contributed by atoms with Crippen molar-refractivity contribution in [3.8, 4) is 5.75 Å². The van der Waals surface area contributed by atoms with Gasteiger partial charge in [-0.1, -0.05) is 12.8 Å². The number of carbonyl (C=O) groups is 1. The van der Waals surface area contributed by atoms with Crippen LogP contribution in [0.4, 0.5) is 5.69 Å². The average molecular weight is 412 g/mol. The fourth-order valence-electron chi connectivity index (χ4n) is 3.56. The lowest BCUT2D eigenvalue weighted by molar-refractivity contribution is -0.121. The van der Waals surface area contributed by atoms with Crippen molar-refractivity contribution >= 4 is 21.6 Å². The van der Waals surface area contributed by atoms with Gasteiger partial charge in [0.25, 0.3) is 0 Å². The third-order valence-electron chi connectivity index (χ3n) is 5.06. The summed E-state index contributed by atoms with van der Waals surface area (Å²) in [6, 6.07) is 5.81. The third-order valence-corrected chi connectivity index (χ3v) is 6.31. The molecule has 1 aromatic carbocycles. The summed E-state index contributed by atoms with van der Waals surface area (Å²) in [5, 5.41) is 2.89. The Morgan fingerprint density at radius 2 is 1.79 bits per heavy atom. The second-order valence-electron chi connectivity index (χ2n) is 7.33. The molecule has 1 aliphatic heterocycles. The van der Waals surface area contributed by atoms with Gasteiger partial charge in [-0.25, -0.2) is 8.42 Å². The van der Waals surface area contributed by atoms with Gasteiger partial charge in [0.2, 0.25) is 15.9 Å². The minimum atomic E-state index is -3.61. The first-order chi connectivity index (χ1) is 13.3. The van der Waals surface area contributed by atoms with Gasteiger partial charge in [-0.3, -0.25) is 9.10 Å². The first kappa shape index (κ1) is 22.5. The zero-order valence-electron chi connectivity index (χ0n) is 17.2. The topological polar surface area (TPSA) is 79.0 Å². The van der Waals surface area contributed by atoms with Gasteiger partial charge in [0.15, 0.2) is 0 Å². The minimum Gasteiger partial charge on any atom is -0.497 e. The number of rotatable bonds is 9. The number of likely N-dealkylation sites (tertiary alicyclic amines) is 1. The second-order valence-corrected chi connectivity index (χ2v) is 9.19. The Bertz CT molecular complexity index is 713. The molecule has 0 aromatic heterocycles. The van der Waals surface area contributed by atoms with Crippen molar-refractivity contribution in [1.29, 1.82) is 0 Å². The quantitative estimate of drug-likeness (QED) is 0.631. The van der Waals surface area contributed by atoms with E-state index in [9.17, 15) is 13.2 Å². The fourth-order valence-corrected chi connectivity index (χ4v) is 4.73. The van der Waals surface area contributed by atoms with Crippen LogP contribution in [0.3, 0.4) is 0 Å². The predicted octanol–water partition coefficient (Wildman–Crippen LogP) is 2.23. The molecule has 1 aliphatic rings. The van der Waals surface area contributed by atoms with Crippen molar-refractivity contribution in [2.24, 2.45) is 0 Å². The molecule has 1 amide bonds. The molecule has 0 saturated carbocycles. The van der Waals surface area contributed by atoms with Crippen molar-refractivity contribution in [1.82, 2.24) is 10.2 Å². The maximum atomic E-state index is 12.6. The monoisotopic (exact) mass is 411 g/mol. The van der Waals surface area contributed by atoms with E-state index in [1.54, 1.807) is 38.3 Å². The molecule has 1 N–H and O–H groups in total. The normalized spacial score (nSPS) is 16.8. The molecule has 1 saturated heterocycles. The van der Waals surface area contributed by atoms with Crippen LogP contribution in [0.15, 0.2) is 24.3 Å². The molecular formula is C20H33N3O4S. The van der Waals surface area contributed by atoms with E-state index in [1.165, 1.54) is 25.7 Å². The van der Waals surface area contributed by atoms with Crippen molar-refractivity contribution in [3.63, 3.8) is 0 Å². The van der Waals surface area contributed by atoms with E-state index in [0.717, 1.165) is 36.6 Å². The van der Waals surface area contributed by atoms with Crippen molar-refractivity contribution in [2.45, 2.75) is 45.1 Å². The van der Waals surface area contributed by atoms with Crippen molar-refractivity contribution in [2.75, 3.05) is 43.8 Å². The molecule has 0 aliphatic carbocycles. The van der Waals surface area contributed by atoms with E-state index < -0.39 is 16.1 Å². The Morgan fingerprint density at radius 1 is 1.18 bits per heavy atom. The summed E-state index contributed by atoms with van der Waals surface area (Å²) in [5.41, 5.74) is 0.440. The zero-order chi connectivity index (χ0) is 20.6. The van der Waals surface area contributed by atoms with Crippen LogP contribution < -0.4 is 14.4 Å². The lowest BCUT2D eigenvalue weighted by atomic mass is 10.2. The molecule has 0 radical (unpaired) electrons. The number of hydrogen-bond acceptors (Lipinski definition) is 5. The summed E-state index contributed by atoms with van der Waals surface area (Å²) in [6.07, 6.45) is 7.07. The maximum absolute atomic E-state index is 12.6. The highest BCUT2D eigenvalue weighted by Gasteiger charge is 2.28. The van der Waals surface area contributed by atoms with Crippen molar-refractivity contribution in [3.05, 3.63) is 24.3 Å². The van der Waals surface area contributed by atoms with Gasteiger partial charge in [-0.15, -0.1) is 0 Å². The van der Waals surface area contributed by atoms with Gasteiger partial charge < -0.3 is 15.0 Å². The molecular weight excluding hydrogens is 378 g/mol. The van der Waals surface area contributed by atoms with Gasteiger partial charge in [-0.05, 0) is 70.1 Å². The standard InChI is InChI=1S/C20H33N3O4S/c1-17(20(24)21-13-8-16-22-14-6-4-5-7-15-22)23(28(3,25)26)18-9-11-19(27-2)12-10-18/h9-12,17H,4-8,13-16H2,1-3H3,(H,21,24)/t17-/m1/s1. The molecule has 1 aromatic rings. The van der Waals surface area contributed by atoms with E-state index in [0.29, 0.717) is 18.0 Å².